The summed E-state index contributed by atoms with van der Waals surface area (Å²) in [5.74, 6) is 1.63. The Labute approximate surface area is 143 Å². The Bertz CT molecular complexity index is 635. The second-order valence-corrected chi connectivity index (χ2v) is 5.86. The topological polar surface area (TPSA) is 70.4 Å². The predicted molar refractivity (Wildman–Crippen MR) is 96.6 cm³/mol. The largest absolute Gasteiger partial charge is 0.355 e. The van der Waals surface area contributed by atoms with E-state index in [2.05, 4.69) is 68.8 Å². The predicted octanol–water partition coefficient (Wildman–Crippen LogP) is 1.00. The van der Waals surface area contributed by atoms with Crippen LogP contribution >= 0.6 is 0 Å². The molecule has 130 valence electrons. The molecule has 2 rings (SSSR count). The van der Waals surface area contributed by atoms with Gasteiger partial charge in [-0.15, -0.1) is 0 Å². The maximum absolute atomic E-state index is 4.25. The summed E-state index contributed by atoms with van der Waals surface area (Å²) < 4.78 is 1.75. The fraction of sp³-hybridized carbons (Fsp3) is 0.471. The van der Waals surface area contributed by atoms with Crippen LogP contribution in [0.4, 0.5) is 0 Å². The second kappa shape index (κ2) is 9.02. The zero-order valence-corrected chi connectivity index (χ0v) is 14.9. The van der Waals surface area contributed by atoms with Crippen molar-refractivity contribution < 1.29 is 0 Å². The summed E-state index contributed by atoms with van der Waals surface area (Å²) in [5, 5.41) is 10.7. The number of aromatic nitrogens is 3. The van der Waals surface area contributed by atoms with E-state index in [9.17, 15) is 0 Å². The number of nitrogens with zero attached hydrogens (tertiary/aromatic N) is 5. The van der Waals surface area contributed by atoms with Crippen LogP contribution in [0.5, 0.6) is 0 Å². The monoisotopic (exact) mass is 329 g/mol. The first-order valence-electron chi connectivity index (χ1n) is 8.11. The quantitative estimate of drug-likeness (QED) is 0.586. The molecule has 24 heavy (non-hydrogen) atoms. The maximum Gasteiger partial charge on any atom is 0.191 e. The molecule has 0 bridgehead atoms. The molecule has 2 N–H and O–H groups in total. The molecule has 2 aromatic rings. The minimum absolute atomic E-state index is 0.374. The Morgan fingerprint density at radius 2 is 2.04 bits per heavy atom. The van der Waals surface area contributed by atoms with E-state index in [-0.39, 0.29) is 0 Å². The van der Waals surface area contributed by atoms with Crippen LogP contribution in [0.2, 0.25) is 0 Å². The van der Waals surface area contributed by atoms with Crippen molar-refractivity contribution in [2.75, 3.05) is 20.6 Å². The molecule has 0 radical (unpaired) electrons. The van der Waals surface area contributed by atoms with Gasteiger partial charge in [-0.2, -0.15) is 5.10 Å². The molecule has 0 aliphatic heterocycles. The summed E-state index contributed by atoms with van der Waals surface area (Å²) in [5.41, 5.74) is 1.32. The van der Waals surface area contributed by atoms with Crippen LogP contribution in [0.15, 0.2) is 41.7 Å². The zero-order valence-electron chi connectivity index (χ0n) is 14.9. The standard InChI is InChI=1S/C17H27N7/c1-14(23(3)12-15-8-6-5-7-9-15)10-19-17(18-2)20-11-16-21-13-22-24(16)4/h5-9,13-14H,10-12H2,1-4H3,(H2,18,19,20). The number of hydrogen-bond donors (Lipinski definition) is 2. The highest BCUT2D eigenvalue weighted by Gasteiger charge is 2.10. The first-order chi connectivity index (χ1) is 11.6. The van der Waals surface area contributed by atoms with Crippen LogP contribution in [0.25, 0.3) is 0 Å². The number of nitrogens with one attached hydrogen (secondary N) is 2. The first-order valence-corrected chi connectivity index (χ1v) is 8.11. The van der Waals surface area contributed by atoms with Gasteiger partial charge < -0.3 is 10.6 Å². The second-order valence-electron chi connectivity index (χ2n) is 5.86. The van der Waals surface area contributed by atoms with E-state index < -0.39 is 0 Å². The van der Waals surface area contributed by atoms with Crippen LogP contribution in [0, 0.1) is 0 Å². The highest BCUT2D eigenvalue weighted by atomic mass is 15.3. The molecule has 0 saturated heterocycles. The number of rotatable bonds is 7. The van der Waals surface area contributed by atoms with Gasteiger partial charge in [-0.25, -0.2) is 4.98 Å². The summed E-state index contributed by atoms with van der Waals surface area (Å²) >= 11 is 0. The van der Waals surface area contributed by atoms with Crippen molar-refractivity contribution in [1.29, 1.82) is 0 Å². The first kappa shape index (κ1) is 17.9. The van der Waals surface area contributed by atoms with E-state index in [1.165, 1.54) is 5.56 Å². The lowest BCUT2D eigenvalue weighted by Gasteiger charge is -2.25. The smallest absolute Gasteiger partial charge is 0.191 e. The van der Waals surface area contributed by atoms with E-state index in [1.54, 1.807) is 18.1 Å². The van der Waals surface area contributed by atoms with Crippen molar-refractivity contribution in [3.8, 4) is 0 Å². The normalized spacial score (nSPS) is 13.1. The third-order valence-corrected chi connectivity index (χ3v) is 4.03. The van der Waals surface area contributed by atoms with Gasteiger partial charge in [0.2, 0.25) is 0 Å². The van der Waals surface area contributed by atoms with Crippen molar-refractivity contribution in [3.05, 3.63) is 48.0 Å². The highest BCUT2D eigenvalue weighted by molar-refractivity contribution is 5.79. The average Bonchev–Trinajstić information content (AvgIpc) is 3.00. The van der Waals surface area contributed by atoms with Crippen molar-refractivity contribution >= 4 is 5.96 Å². The van der Waals surface area contributed by atoms with Gasteiger partial charge in [-0.1, -0.05) is 30.3 Å². The number of aryl methyl sites for hydroxylation is 1. The van der Waals surface area contributed by atoms with Crippen LogP contribution in [-0.4, -0.2) is 52.3 Å². The summed E-state index contributed by atoms with van der Waals surface area (Å²) in [7, 11) is 5.78. The molecule has 0 saturated carbocycles. The van der Waals surface area contributed by atoms with E-state index in [4.69, 9.17) is 0 Å². The van der Waals surface area contributed by atoms with E-state index in [0.29, 0.717) is 12.6 Å². The van der Waals surface area contributed by atoms with Crippen LogP contribution in [0.1, 0.15) is 18.3 Å². The fourth-order valence-corrected chi connectivity index (χ4v) is 2.29. The maximum atomic E-state index is 4.25. The van der Waals surface area contributed by atoms with Gasteiger partial charge >= 0.3 is 0 Å². The Hall–Kier alpha value is -2.41. The molecule has 0 aliphatic carbocycles. The molecule has 0 fully saturated rings. The third-order valence-electron chi connectivity index (χ3n) is 4.03. The van der Waals surface area contributed by atoms with E-state index in [1.807, 2.05) is 13.1 Å². The zero-order chi connectivity index (χ0) is 17.4. The van der Waals surface area contributed by atoms with Crippen molar-refractivity contribution in [2.45, 2.75) is 26.1 Å². The number of likely N-dealkylation sites (N-methyl/N-ethyl adjacent to an activating group) is 1. The molecule has 1 atom stereocenters. The van der Waals surface area contributed by atoms with Gasteiger partial charge in [0.05, 0.1) is 6.54 Å². The molecule has 0 amide bonds. The lowest BCUT2D eigenvalue weighted by Crippen LogP contribution is -2.44. The van der Waals surface area contributed by atoms with Gasteiger partial charge in [-0.05, 0) is 19.5 Å². The SMILES string of the molecule is CN=C(NCc1ncnn1C)NCC(C)N(C)Cc1ccccc1. The lowest BCUT2D eigenvalue weighted by atomic mass is 10.2. The molecule has 1 aromatic heterocycles. The Morgan fingerprint density at radius 1 is 1.29 bits per heavy atom. The summed E-state index contributed by atoms with van der Waals surface area (Å²) in [6.07, 6.45) is 1.55. The van der Waals surface area contributed by atoms with Gasteiger partial charge in [0, 0.05) is 33.2 Å². The molecular formula is C17H27N7. The molecule has 0 spiro atoms. The van der Waals surface area contributed by atoms with Gasteiger partial charge in [-0.3, -0.25) is 14.6 Å². The van der Waals surface area contributed by atoms with Crippen molar-refractivity contribution in [1.82, 2.24) is 30.3 Å². The van der Waals surface area contributed by atoms with Gasteiger partial charge in [0.15, 0.2) is 5.96 Å². The van der Waals surface area contributed by atoms with Gasteiger partial charge in [0.25, 0.3) is 0 Å². The summed E-state index contributed by atoms with van der Waals surface area (Å²) in [4.78, 5) is 10.8. The minimum atomic E-state index is 0.374. The molecular weight excluding hydrogens is 302 g/mol. The number of guanidine groups is 1. The van der Waals surface area contributed by atoms with Crippen LogP contribution in [-0.2, 0) is 20.1 Å². The average molecular weight is 329 g/mol. The van der Waals surface area contributed by atoms with E-state index in [0.717, 1.165) is 24.9 Å². The summed E-state index contributed by atoms with van der Waals surface area (Å²) in [6.45, 7) is 4.52. The number of aliphatic imine (C=N–C) groups is 1. The molecule has 7 heteroatoms. The van der Waals surface area contributed by atoms with E-state index >= 15 is 0 Å². The highest BCUT2D eigenvalue weighted by Crippen LogP contribution is 2.05. The van der Waals surface area contributed by atoms with Crippen LogP contribution in [0.3, 0.4) is 0 Å². The van der Waals surface area contributed by atoms with Gasteiger partial charge in [0.1, 0.15) is 12.2 Å². The minimum Gasteiger partial charge on any atom is -0.355 e. The Kier molecular flexibility index (Phi) is 6.74. The summed E-state index contributed by atoms with van der Waals surface area (Å²) in [6, 6.07) is 10.9. The van der Waals surface area contributed by atoms with Crippen molar-refractivity contribution in [2.24, 2.45) is 12.0 Å². The Morgan fingerprint density at radius 3 is 2.67 bits per heavy atom. The van der Waals surface area contributed by atoms with Crippen LogP contribution < -0.4 is 10.6 Å². The fourth-order valence-electron chi connectivity index (χ4n) is 2.29. The molecule has 1 unspecified atom stereocenters. The number of hydrogen-bond acceptors (Lipinski definition) is 4. The third kappa shape index (κ3) is 5.34. The molecule has 7 nitrogen and oxygen atoms in total. The van der Waals surface area contributed by atoms with Crippen molar-refractivity contribution in [3.63, 3.8) is 0 Å². The lowest BCUT2D eigenvalue weighted by molar-refractivity contribution is 0.249. The number of benzene rings is 1. The molecule has 0 aliphatic rings. The molecule has 1 aromatic carbocycles. The molecule has 1 heterocycles. The Balaban J connectivity index is 1.76.